The molecule has 1 aliphatic heterocycles. The predicted octanol–water partition coefficient (Wildman–Crippen LogP) is 1.66. The number of methoxy groups -OCH3 is 1. The maximum Gasteiger partial charge on any atom is 0.234 e. The first-order chi connectivity index (χ1) is 10.7. The monoisotopic (exact) mass is 325 g/mol. The molecule has 1 amide bonds. The number of para-hydroxylation sites is 1. The fraction of sp³-hybridized carbons (Fsp3) is 0.562. The van der Waals surface area contributed by atoms with Crippen molar-refractivity contribution in [1.29, 1.82) is 0 Å². The van der Waals surface area contributed by atoms with Gasteiger partial charge < -0.3 is 20.3 Å². The van der Waals surface area contributed by atoms with Gasteiger partial charge in [-0.1, -0.05) is 23.7 Å². The minimum atomic E-state index is 0.0297. The number of nitrogens with one attached hydrogen (secondary N) is 2. The highest BCUT2D eigenvalue weighted by molar-refractivity contribution is 6.33. The molecule has 1 fully saturated rings. The molecule has 0 bridgehead atoms. The molecule has 1 atom stereocenters. The zero-order valence-electron chi connectivity index (χ0n) is 13.0. The van der Waals surface area contributed by atoms with Crippen LogP contribution in [0.25, 0.3) is 0 Å². The summed E-state index contributed by atoms with van der Waals surface area (Å²) in [5.41, 5.74) is 1.04. The summed E-state index contributed by atoms with van der Waals surface area (Å²) in [5, 5.41) is 6.90. The van der Waals surface area contributed by atoms with E-state index < -0.39 is 0 Å². The van der Waals surface area contributed by atoms with Crippen LogP contribution in [0.4, 0.5) is 5.69 Å². The third kappa shape index (κ3) is 5.16. The number of anilines is 1. The second-order valence-electron chi connectivity index (χ2n) is 5.47. The molecule has 1 aromatic rings. The van der Waals surface area contributed by atoms with Crippen molar-refractivity contribution in [3.05, 3.63) is 29.3 Å². The Morgan fingerprint density at radius 3 is 3.05 bits per heavy atom. The zero-order valence-corrected chi connectivity index (χ0v) is 13.7. The first-order valence-electron chi connectivity index (χ1n) is 7.69. The average Bonchev–Trinajstić information content (AvgIpc) is 2.52. The number of halogens is 1. The number of hydrogen-bond donors (Lipinski definition) is 2. The van der Waals surface area contributed by atoms with Gasteiger partial charge in [0, 0.05) is 32.8 Å². The van der Waals surface area contributed by atoms with Crippen LogP contribution in [-0.2, 0) is 9.53 Å². The van der Waals surface area contributed by atoms with Crippen LogP contribution in [0.15, 0.2) is 24.3 Å². The van der Waals surface area contributed by atoms with Crippen LogP contribution in [0.1, 0.15) is 12.8 Å². The number of nitrogens with zero attached hydrogens (tertiary/aromatic N) is 1. The van der Waals surface area contributed by atoms with Gasteiger partial charge in [-0.3, -0.25) is 4.79 Å². The number of rotatable bonds is 7. The number of amides is 1. The molecule has 0 aromatic heterocycles. The predicted molar refractivity (Wildman–Crippen MR) is 89.6 cm³/mol. The molecule has 1 unspecified atom stereocenters. The standard InChI is InChI=1S/C16H24ClN3O2/c1-22-10-8-18-11-16(21)19-13-5-4-9-20(12-13)15-7-3-2-6-14(15)17/h2-3,6-7,13,18H,4-5,8-12H2,1H3,(H,19,21). The maximum absolute atomic E-state index is 11.9. The van der Waals surface area contributed by atoms with E-state index in [9.17, 15) is 4.79 Å². The highest BCUT2D eigenvalue weighted by Gasteiger charge is 2.22. The van der Waals surface area contributed by atoms with Crippen LogP contribution in [0, 0.1) is 0 Å². The molecule has 122 valence electrons. The minimum absolute atomic E-state index is 0.0297. The van der Waals surface area contributed by atoms with E-state index >= 15 is 0 Å². The number of carbonyl (C=O) groups excluding carboxylic acids is 1. The quantitative estimate of drug-likeness (QED) is 0.749. The number of carbonyl (C=O) groups is 1. The molecule has 22 heavy (non-hydrogen) atoms. The lowest BCUT2D eigenvalue weighted by Gasteiger charge is -2.35. The van der Waals surface area contributed by atoms with Crippen LogP contribution in [0.2, 0.25) is 5.02 Å². The maximum atomic E-state index is 11.9. The topological polar surface area (TPSA) is 53.6 Å². The number of piperidine rings is 1. The van der Waals surface area contributed by atoms with E-state index in [4.69, 9.17) is 16.3 Å². The molecule has 0 radical (unpaired) electrons. The van der Waals surface area contributed by atoms with E-state index in [-0.39, 0.29) is 11.9 Å². The number of benzene rings is 1. The Morgan fingerprint density at radius 1 is 1.45 bits per heavy atom. The van der Waals surface area contributed by atoms with Gasteiger partial charge in [-0.15, -0.1) is 0 Å². The molecule has 0 spiro atoms. The van der Waals surface area contributed by atoms with Crippen LogP contribution < -0.4 is 15.5 Å². The Morgan fingerprint density at radius 2 is 2.27 bits per heavy atom. The second-order valence-corrected chi connectivity index (χ2v) is 5.88. The van der Waals surface area contributed by atoms with Crippen LogP contribution in [0.5, 0.6) is 0 Å². The second kappa shape index (κ2) is 8.98. The summed E-state index contributed by atoms with van der Waals surface area (Å²) in [6, 6.07) is 8.02. The molecule has 2 N–H and O–H groups in total. The van der Waals surface area contributed by atoms with Gasteiger partial charge in [0.05, 0.1) is 23.9 Å². The van der Waals surface area contributed by atoms with Crippen molar-refractivity contribution >= 4 is 23.2 Å². The summed E-state index contributed by atoms with van der Waals surface area (Å²) in [7, 11) is 1.65. The van der Waals surface area contributed by atoms with Gasteiger partial charge in [0.15, 0.2) is 0 Å². The molecular weight excluding hydrogens is 302 g/mol. The van der Waals surface area contributed by atoms with Crippen LogP contribution in [-0.4, -0.2) is 51.8 Å². The molecule has 6 heteroatoms. The van der Waals surface area contributed by atoms with E-state index in [1.54, 1.807) is 7.11 Å². The summed E-state index contributed by atoms with van der Waals surface area (Å²) >= 11 is 6.26. The molecule has 1 aromatic carbocycles. The molecule has 2 rings (SSSR count). The zero-order chi connectivity index (χ0) is 15.8. The summed E-state index contributed by atoms with van der Waals surface area (Å²) in [5.74, 6) is 0.0297. The molecule has 0 aliphatic carbocycles. The minimum Gasteiger partial charge on any atom is -0.383 e. The Balaban J connectivity index is 1.81. The van der Waals surface area contributed by atoms with E-state index in [1.807, 2.05) is 24.3 Å². The fourth-order valence-corrected chi connectivity index (χ4v) is 2.93. The smallest absolute Gasteiger partial charge is 0.234 e. The van der Waals surface area contributed by atoms with Crippen molar-refractivity contribution in [2.24, 2.45) is 0 Å². The van der Waals surface area contributed by atoms with Gasteiger partial charge in [0.25, 0.3) is 0 Å². The average molecular weight is 326 g/mol. The van der Waals surface area contributed by atoms with E-state index in [1.165, 1.54) is 0 Å². The van der Waals surface area contributed by atoms with Crippen molar-refractivity contribution in [1.82, 2.24) is 10.6 Å². The Bertz CT molecular complexity index is 484. The number of hydrogen-bond acceptors (Lipinski definition) is 4. The highest BCUT2D eigenvalue weighted by Crippen LogP contribution is 2.27. The Kier molecular flexibility index (Phi) is 6.96. The molecule has 5 nitrogen and oxygen atoms in total. The molecule has 1 aliphatic rings. The lowest BCUT2D eigenvalue weighted by atomic mass is 10.0. The first-order valence-corrected chi connectivity index (χ1v) is 8.07. The van der Waals surface area contributed by atoms with Crippen molar-refractivity contribution in [3.63, 3.8) is 0 Å². The third-order valence-electron chi connectivity index (χ3n) is 3.75. The normalized spacial score (nSPS) is 18.3. The van der Waals surface area contributed by atoms with E-state index in [0.717, 1.165) is 36.6 Å². The summed E-state index contributed by atoms with van der Waals surface area (Å²) in [4.78, 5) is 14.2. The van der Waals surface area contributed by atoms with Gasteiger partial charge >= 0.3 is 0 Å². The highest BCUT2D eigenvalue weighted by atomic mass is 35.5. The molecule has 0 saturated carbocycles. The van der Waals surface area contributed by atoms with Gasteiger partial charge in [-0.05, 0) is 25.0 Å². The summed E-state index contributed by atoms with van der Waals surface area (Å²) in [6.45, 7) is 3.39. The van der Waals surface area contributed by atoms with Crippen molar-refractivity contribution in [3.8, 4) is 0 Å². The van der Waals surface area contributed by atoms with Gasteiger partial charge in [-0.2, -0.15) is 0 Å². The SMILES string of the molecule is COCCNCC(=O)NC1CCCN(c2ccccc2Cl)C1. The van der Waals surface area contributed by atoms with E-state index in [2.05, 4.69) is 15.5 Å². The molecule has 1 heterocycles. The lowest BCUT2D eigenvalue weighted by Crippen LogP contribution is -2.49. The molecule has 1 saturated heterocycles. The fourth-order valence-electron chi connectivity index (χ4n) is 2.68. The van der Waals surface area contributed by atoms with E-state index in [0.29, 0.717) is 19.7 Å². The lowest BCUT2D eigenvalue weighted by molar-refractivity contribution is -0.121. The number of ether oxygens (including phenoxy) is 1. The van der Waals surface area contributed by atoms with Gasteiger partial charge in [-0.25, -0.2) is 0 Å². The first kappa shape index (κ1) is 17.1. The molecular formula is C16H24ClN3O2. The van der Waals surface area contributed by atoms with Crippen LogP contribution >= 0.6 is 11.6 Å². The van der Waals surface area contributed by atoms with Crippen molar-refractivity contribution in [2.75, 3.05) is 44.8 Å². The van der Waals surface area contributed by atoms with Crippen LogP contribution in [0.3, 0.4) is 0 Å². The summed E-state index contributed by atoms with van der Waals surface area (Å²) in [6.07, 6.45) is 2.05. The van der Waals surface area contributed by atoms with Crippen molar-refractivity contribution < 1.29 is 9.53 Å². The van der Waals surface area contributed by atoms with Gasteiger partial charge in [0.2, 0.25) is 5.91 Å². The largest absolute Gasteiger partial charge is 0.383 e. The third-order valence-corrected chi connectivity index (χ3v) is 4.07. The Labute approximate surface area is 137 Å². The van der Waals surface area contributed by atoms with Crippen molar-refractivity contribution in [2.45, 2.75) is 18.9 Å². The Hall–Kier alpha value is -1.30. The summed E-state index contributed by atoms with van der Waals surface area (Å²) < 4.78 is 4.93. The van der Waals surface area contributed by atoms with Gasteiger partial charge in [0.1, 0.15) is 0 Å².